The van der Waals surface area contributed by atoms with Crippen LogP contribution in [0.4, 0.5) is 0 Å². The number of hydrogen-bond acceptors (Lipinski definition) is 6. The molecule has 0 saturated heterocycles. The molecule has 0 unspecified atom stereocenters. The van der Waals surface area contributed by atoms with Gasteiger partial charge in [-0.2, -0.15) is 13.5 Å². The second-order valence-corrected chi connectivity index (χ2v) is 8.45. The quantitative estimate of drug-likeness (QED) is 0.325. The minimum atomic E-state index is -4.02. The summed E-state index contributed by atoms with van der Waals surface area (Å²) in [5, 5.41) is 4.43. The van der Waals surface area contributed by atoms with Gasteiger partial charge in [0.25, 0.3) is 5.91 Å². The molecule has 0 fully saturated rings. The van der Waals surface area contributed by atoms with Crippen LogP contribution in [0.25, 0.3) is 0 Å². The van der Waals surface area contributed by atoms with Gasteiger partial charge in [0.15, 0.2) is 11.5 Å². The van der Waals surface area contributed by atoms with Crippen molar-refractivity contribution in [3.63, 3.8) is 0 Å². The molecule has 0 aliphatic carbocycles. The Labute approximate surface area is 185 Å². The van der Waals surface area contributed by atoms with Gasteiger partial charge in [0.05, 0.1) is 13.3 Å². The fraction of sp³-hybridized carbons (Fsp3) is 0.0909. The third-order valence-corrected chi connectivity index (χ3v) is 5.68. The summed E-state index contributed by atoms with van der Waals surface area (Å²) in [5.41, 5.74) is 4.31. The number of benzene rings is 3. The van der Waals surface area contributed by atoms with Gasteiger partial charge in [0, 0.05) is 10.6 Å². The molecular weight excluding hydrogens is 440 g/mol. The number of amides is 1. The van der Waals surface area contributed by atoms with E-state index in [1.54, 1.807) is 42.5 Å². The fourth-order valence-corrected chi connectivity index (χ4v) is 3.60. The molecule has 160 valence electrons. The number of aryl methyl sites for hydroxylation is 1. The molecule has 3 aromatic rings. The summed E-state index contributed by atoms with van der Waals surface area (Å²) in [7, 11) is -2.62. The average molecular weight is 459 g/mol. The second kappa shape index (κ2) is 9.63. The Balaban J connectivity index is 1.72. The molecule has 0 saturated carbocycles. The highest BCUT2D eigenvalue weighted by molar-refractivity contribution is 7.87. The number of nitrogens with one attached hydrogen (secondary N) is 1. The van der Waals surface area contributed by atoms with Crippen LogP contribution in [0, 0.1) is 6.92 Å². The van der Waals surface area contributed by atoms with Gasteiger partial charge in [-0.3, -0.25) is 4.79 Å². The Morgan fingerprint density at radius 2 is 1.68 bits per heavy atom. The lowest BCUT2D eigenvalue weighted by Crippen LogP contribution is -2.17. The maximum absolute atomic E-state index is 12.5. The SMILES string of the molecule is COc1cc(/C=N\NC(=O)c2ccc(Cl)cc2)ccc1OS(=O)(=O)c1ccc(C)cc1. The molecule has 1 N–H and O–H groups in total. The maximum atomic E-state index is 12.5. The first-order chi connectivity index (χ1) is 14.8. The van der Waals surface area contributed by atoms with Crippen LogP contribution in [0.1, 0.15) is 21.5 Å². The Kier molecular flexibility index (Phi) is 6.94. The van der Waals surface area contributed by atoms with Crippen molar-refractivity contribution in [1.82, 2.24) is 5.43 Å². The van der Waals surface area contributed by atoms with Crippen LogP contribution in [0.5, 0.6) is 11.5 Å². The predicted octanol–water partition coefficient (Wildman–Crippen LogP) is 4.19. The van der Waals surface area contributed by atoms with Crippen LogP contribution < -0.4 is 14.3 Å². The summed E-state index contributed by atoms with van der Waals surface area (Å²) >= 11 is 5.80. The molecule has 0 atom stereocenters. The zero-order valence-corrected chi connectivity index (χ0v) is 18.3. The number of methoxy groups -OCH3 is 1. The number of hydrazone groups is 1. The number of carbonyl (C=O) groups excluding carboxylic acids is 1. The second-order valence-electron chi connectivity index (χ2n) is 6.47. The average Bonchev–Trinajstić information content (AvgIpc) is 2.75. The smallest absolute Gasteiger partial charge is 0.339 e. The molecule has 7 nitrogen and oxygen atoms in total. The van der Waals surface area contributed by atoms with Gasteiger partial charge in [-0.15, -0.1) is 0 Å². The van der Waals surface area contributed by atoms with Crippen molar-refractivity contribution in [2.45, 2.75) is 11.8 Å². The summed E-state index contributed by atoms with van der Waals surface area (Å²) in [5.74, 6) is -0.168. The summed E-state index contributed by atoms with van der Waals surface area (Å²) in [6.07, 6.45) is 1.40. The molecule has 0 aromatic heterocycles. The van der Waals surface area contributed by atoms with Gasteiger partial charge in [-0.1, -0.05) is 29.3 Å². The van der Waals surface area contributed by atoms with E-state index in [0.29, 0.717) is 16.1 Å². The minimum absolute atomic E-state index is 0.0328. The third-order valence-electron chi connectivity index (χ3n) is 4.18. The van der Waals surface area contributed by atoms with Crippen LogP contribution in [-0.2, 0) is 10.1 Å². The topological polar surface area (TPSA) is 94.1 Å². The van der Waals surface area contributed by atoms with Crippen LogP contribution in [-0.4, -0.2) is 27.6 Å². The maximum Gasteiger partial charge on any atom is 0.339 e. The van der Waals surface area contributed by atoms with Gasteiger partial charge in [-0.25, -0.2) is 5.43 Å². The van der Waals surface area contributed by atoms with E-state index in [-0.39, 0.29) is 16.4 Å². The Morgan fingerprint density at radius 3 is 2.32 bits per heavy atom. The first-order valence-electron chi connectivity index (χ1n) is 9.06. The molecule has 9 heteroatoms. The zero-order valence-electron chi connectivity index (χ0n) is 16.7. The van der Waals surface area contributed by atoms with E-state index in [2.05, 4.69) is 10.5 Å². The highest BCUT2D eigenvalue weighted by atomic mass is 35.5. The first kappa shape index (κ1) is 22.3. The van der Waals surface area contributed by atoms with E-state index >= 15 is 0 Å². The first-order valence-corrected chi connectivity index (χ1v) is 10.9. The summed E-state index contributed by atoms with van der Waals surface area (Å²) in [4.78, 5) is 12.1. The number of halogens is 1. The largest absolute Gasteiger partial charge is 0.493 e. The van der Waals surface area contributed by atoms with Gasteiger partial charge in [0.1, 0.15) is 4.90 Å². The Morgan fingerprint density at radius 1 is 1.00 bits per heavy atom. The van der Waals surface area contributed by atoms with Crippen molar-refractivity contribution < 1.29 is 22.1 Å². The molecule has 0 aliphatic heterocycles. The van der Waals surface area contributed by atoms with Crippen molar-refractivity contribution in [3.05, 3.63) is 88.4 Å². The van der Waals surface area contributed by atoms with Crippen LogP contribution in [0.15, 0.2) is 76.7 Å². The summed E-state index contributed by atoms with van der Waals surface area (Å²) < 4.78 is 35.5. The zero-order chi connectivity index (χ0) is 22.4. The van der Waals surface area contributed by atoms with Crippen molar-refractivity contribution >= 4 is 33.8 Å². The lowest BCUT2D eigenvalue weighted by Gasteiger charge is -2.11. The fourth-order valence-electron chi connectivity index (χ4n) is 2.54. The van der Waals surface area contributed by atoms with Crippen molar-refractivity contribution in [2.75, 3.05) is 7.11 Å². The summed E-state index contributed by atoms with van der Waals surface area (Å²) in [6.45, 7) is 1.86. The van der Waals surface area contributed by atoms with E-state index in [9.17, 15) is 13.2 Å². The van der Waals surface area contributed by atoms with Crippen LogP contribution in [0.2, 0.25) is 5.02 Å². The highest BCUT2D eigenvalue weighted by Gasteiger charge is 2.19. The van der Waals surface area contributed by atoms with E-state index in [0.717, 1.165) is 5.56 Å². The third kappa shape index (κ3) is 5.84. The lowest BCUT2D eigenvalue weighted by molar-refractivity contribution is 0.0955. The number of carbonyl (C=O) groups is 1. The molecule has 0 spiro atoms. The predicted molar refractivity (Wildman–Crippen MR) is 118 cm³/mol. The Bertz CT molecular complexity index is 1210. The van der Waals surface area contributed by atoms with E-state index in [4.69, 9.17) is 20.5 Å². The monoisotopic (exact) mass is 458 g/mol. The van der Waals surface area contributed by atoms with Crippen LogP contribution >= 0.6 is 11.6 Å². The van der Waals surface area contributed by atoms with Gasteiger partial charge < -0.3 is 8.92 Å². The van der Waals surface area contributed by atoms with E-state index in [1.165, 1.54) is 37.6 Å². The molecule has 0 radical (unpaired) electrons. The summed E-state index contributed by atoms with van der Waals surface area (Å²) in [6, 6.07) is 17.3. The standard InChI is InChI=1S/C22H19ClN2O5S/c1-15-3-10-19(11-4-15)31(27,28)30-20-12-5-16(13-21(20)29-2)14-24-25-22(26)17-6-8-18(23)9-7-17/h3-14H,1-2H3,(H,25,26)/b24-14-. The van der Waals surface area contributed by atoms with Crippen molar-refractivity contribution in [3.8, 4) is 11.5 Å². The highest BCUT2D eigenvalue weighted by Crippen LogP contribution is 2.30. The molecular formula is C22H19ClN2O5S. The number of nitrogens with zero attached hydrogens (tertiary/aromatic N) is 1. The normalized spacial score (nSPS) is 11.3. The van der Waals surface area contributed by atoms with E-state index in [1.807, 2.05) is 6.92 Å². The van der Waals surface area contributed by atoms with Crippen molar-refractivity contribution in [2.24, 2.45) is 5.10 Å². The minimum Gasteiger partial charge on any atom is -0.493 e. The number of hydrogen-bond donors (Lipinski definition) is 1. The number of ether oxygens (including phenoxy) is 1. The molecule has 3 aromatic carbocycles. The van der Waals surface area contributed by atoms with Crippen molar-refractivity contribution in [1.29, 1.82) is 0 Å². The molecule has 3 rings (SSSR count). The van der Waals surface area contributed by atoms with E-state index < -0.39 is 16.0 Å². The van der Waals surface area contributed by atoms with Crippen LogP contribution in [0.3, 0.4) is 0 Å². The van der Waals surface area contributed by atoms with Gasteiger partial charge in [-0.05, 0) is 67.1 Å². The molecule has 0 bridgehead atoms. The van der Waals surface area contributed by atoms with Gasteiger partial charge >= 0.3 is 10.1 Å². The number of rotatable bonds is 7. The molecule has 1 amide bonds. The lowest BCUT2D eigenvalue weighted by atomic mass is 10.2. The molecule has 0 aliphatic rings. The van der Waals surface area contributed by atoms with Gasteiger partial charge in [0.2, 0.25) is 0 Å². The Hall–Kier alpha value is -3.36. The molecule has 0 heterocycles. The molecule has 31 heavy (non-hydrogen) atoms.